The van der Waals surface area contributed by atoms with E-state index in [2.05, 4.69) is 55.7 Å². The summed E-state index contributed by atoms with van der Waals surface area (Å²) in [5.74, 6) is 1.03. The number of para-hydroxylation sites is 3. The number of alkyl carbamates (subject to hydrolysis) is 1. The molecule has 7 aromatic heterocycles. The zero-order chi connectivity index (χ0) is 75.4. The van der Waals surface area contributed by atoms with Crippen molar-refractivity contribution in [1.82, 2.24) is 54.3 Å². The number of hydrogen-bond donors (Lipinski definition) is 8. The van der Waals surface area contributed by atoms with Crippen molar-refractivity contribution in [1.29, 1.82) is 0 Å². The number of aromatic amines is 1. The fourth-order valence-corrected chi connectivity index (χ4v) is 13.2. The number of carbonyl (C=O) groups excluding carboxylic acids is 2. The maximum absolute atomic E-state index is 12.2. The van der Waals surface area contributed by atoms with Crippen molar-refractivity contribution in [2.75, 3.05) is 78.7 Å². The van der Waals surface area contributed by atoms with Crippen LogP contribution in [0.15, 0.2) is 173 Å². The van der Waals surface area contributed by atoms with Crippen LogP contribution in [0.1, 0.15) is 28.4 Å². The van der Waals surface area contributed by atoms with Gasteiger partial charge >= 0.3 is 6.09 Å². The third-order valence-corrected chi connectivity index (χ3v) is 18.3. The van der Waals surface area contributed by atoms with Gasteiger partial charge in [-0.05, 0) is 81.0 Å². The quantitative estimate of drug-likeness (QED) is 0.0146. The molecule has 0 radical (unpaired) electrons. The van der Waals surface area contributed by atoms with Crippen LogP contribution < -0.4 is 43.8 Å². The zero-order valence-electron chi connectivity index (χ0n) is 55.6. The minimum atomic E-state index is -0.742. The summed E-state index contributed by atoms with van der Waals surface area (Å²) >= 11 is 14.9. The molecule has 12 N–H and O–H groups in total. The number of hydrogen-bond acceptors (Lipinski definition) is 28. The number of benzene rings is 6. The van der Waals surface area contributed by atoms with E-state index in [0.29, 0.717) is 101 Å². The molecule has 0 unspecified atom stereocenters. The summed E-state index contributed by atoms with van der Waals surface area (Å²) in [5.41, 5.74) is 33.6. The van der Waals surface area contributed by atoms with E-state index >= 15 is 0 Å². The molecule has 13 aromatic rings. The maximum Gasteiger partial charge on any atom is 0.407 e. The summed E-state index contributed by atoms with van der Waals surface area (Å²) in [6.45, 7) is 3.02. The van der Waals surface area contributed by atoms with Crippen molar-refractivity contribution in [3.05, 3.63) is 241 Å². The van der Waals surface area contributed by atoms with Gasteiger partial charge in [-0.25, -0.2) is 24.7 Å². The van der Waals surface area contributed by atoms with Crippen molar-refractivity contribution < 1.29 is 38.8 Å². The number of nitro groups is 4. The number of nitrogens with one attached hydrogen (secondary N) is 4. The maximum atomic E-state index is 12.2. The number of nitrogen functional groups attached to an aromatic ring is 3. The summed E-state index contributed by atoms with van der Waals surface area (Å²) in [6.07, 6.45) is 3.15. The smallest absolute Gasteiger partial charge is 0.407 e. The van der Waals surface area contributed by atoms with Gasteiger partial charge in [-0.2, -0.15) is 37.6 Å². The van der Waals surface area contributed by atoms with Gasteiger partial charge in [0.2, 0.25) is 17.1 Å². The van der Waals surface area contributed by atoms with E-state index in [0.717, 1.165) is 39.3 Å². The normalized spacial score (nSPS) is 12.5. The molecule has 3 aliphatic rings. The Hall–Kier alpha value is -13.2. The largest absolute Gasteiger partial charge is 0.449 e. The van der Waals surface area contributed by atoms with Gasteiger partial charge in [0, 0.05) is 72.7 Å². The number of nitrogens with zero attached hydrogens (tertiary/aromatic N) is 15. The molecule has 9 heterocycles. The highest BCUT2D eigenvalue weighted by molar-refractivity contribution is 7.08. The lowest BCUT2D eigenvalue weighted by molar-refractivity contribution is -0.385. The highest BCUT2D eigenvalue weighted by atomic mass is 35.5. The number of anilines is 6. The van der Waals surface area contributed by atoms with E-state index in [4.69, 9.17) is 65.6 Å². The molecule has 544 valence electrons. The third-order valence-electron chi connectivity index (χ3n) is 16.6. The molecular formula is C68H59Cl2N23O12S2. The predicted octanol–water partition coefficient (Wildman–Crippen LogP) is 11.9. The molecule has 6 aromatic carbocycles. The lowest BCUT2D eigenvalue weighted by atomic mass is 9.98. The van der Waals surface area contributed by atoms with Crippen LogP contribution in [0.4, 0.5) is 67.7 Å². The van der Waals surface area contributed by atoms with Crippen LogP contribution in [0.3, 0.4) is 0 Å². The molecule has 0 bridgehead atoms. The molecule has 1 aliphatic carbocycles. The first-order valence-corrected chi connectivity index (χ1v) is 34.6. The first-order chi connectivity index (χ1) is 51.7. The summed E-state index contributed by atoms with van der Waals surface area (Å²) < 4.78 is 14.6. The average molecular weight is 1530 g/mol. The SMILES string of the molecule is Clc1nc(Cl)c2ncn(-c3ccsc3)c2n1.NCC1=Nc2cccc([N+](=O)[O-])c2C1.Nc1c(NC(=O)CNC(=O)OCC2c3ccccc3-c3ccccc32)cccc1[N+](=O)[O-].Nc1cccc([N+](=O)[O-])c1N.O=[N+]([O-])c1cccc2[nH]c(CNc3nc(N4CCOCC4)nc4c3ncn4-c3ccsc3)nc12. The number of rotatable bonds is 16. The summed E-state index contributed by atoms with van der Waals surface area (Å²) in [7, 11) is 0. The Morgan fingerprint density at radius 3 is 1.87 bits per heavy atom. The topological polar surface area (TPSA) is 497 Å². The number of thiophene rings is 2. The number of nitro benzene ring substituents is 4. The monoisotopic (exact) mass is 1520 g/mol. The third kappa shape index (κ3) is 16.7. The van der Waals surface area contributed by atoms with E-state index in [1.807, 2.05) is 91.3 Å². The highest BCUT2D eigenvalue weighted by Gasteiger charge is 2.30. The van der Waals surface area contributed by atoms with Crippen molar-refractivity contribution in [3.63, 3.8) is 0 Å². The Morgan fingerprint density at radius 1 is 0.654 bits per heavy atom. The lowest BCUT2D eigenvalue weighted by Crippen LogP contribution is -2.37. The Bertz CT molecular complexity index is 5500. The van der Waals surface area contributed by atoms with Crippen molar-refractivity contribution in [2.45, 2.75) is 18.9 Å². The number of halogens is 2. The number of imidazole rings is 3. The van der Waals surface area contributed by atoms with Crippen LogP contribution in [0.5, 0.6) is 0 Å². The van der Waals surface area contributed by atoms with Gasteiger partial charge in [0.15, 0.2) is 33.3 Å². The van der Waals surface area contributed by atoms with E-state index in [-0.39, 0.29) is 86.5 Å². The second-order valence-electron chi connectivity index (χ2n) is 23.1. The molecule has 39 heteroatoms. The molecule has 0 atom stereocenters. The average Bonchev–Trinajstić information content (AvgIpc) is 1.57. The number of amides is 2. The Kier molecular flexibility index (Phi) is 22.7. The van der Waals surface area contributed by atoms with Gasteiger partial charge in [-0.15, -0.1) is 0 Å². The fourth-order valence-electron chi connectivity index (χ4n) is 11.5. The molecule has 0 saturated carbocycles. The van der Waals surface area contributed by atoms with Crippen molar-refractivity contribution in [3.8, 4) is 22.5 Å². The molecule has 1 fully saturated rings. The number of ether oxygens (including phenoxy) is 2. The zero-order valence-corrected chi connectivity index (χ0v) is 58.7. The Morgan fingerprint density at radius 2 is 1.24 bits per heavy atom. The molecule has 35 nitrogen and oxygen atoms in total. The molecule has 107 heavy (non-hydrogen) atoms. The highest BCUT2D eigenvalue weighted by Crippen LogP contribution is 2.45. The first kappa shape index (κ1) is 73.5. The molecular weight excluding hydrogens is 1470 g/mol. The number of morpholine rings is 1. The minimum Gasteiger partial charge on any atom is -0.449 e. The molecule has 1 saturated heterocycles. The van der Waals surface area contributed by atoms with Crippen LogP contribution >= 0.6 is 45.9 Å². The number of carbonyl (C=O) groups is 2. The Balaban J connectivity index is 0.000000134. The van der Waals surface area contributed by atoms with Crippen LogP contribution in [-0.2, 0) is 27.2 Å². The second kappa shape index (κ2) is 33.1. The van der Waals surface area contributed by atoms with Crippen LogP contribution in [0, 0.1) is 40.5 Å². The molecule has 2 aliphatic heterocycles. The van der Waals surface area contributed by atoms with E-state index in [9.17, 15) is 50.0 Å². The van der Waals surface area contributed by atoms with Crippen LogP contribution in [0.2, 0.25) is 10.4 Å². The number of aromatic nitrogens is 10. The van der Waals surface area contributed by atoms with E-state index in [1.165, 1.54) is 48.5 Å². The molecule has 2 amide bonds. The summed E-state index contributed by atoms with van der Waals surface area (Å²) in [5, 5.41) is 59.7. The number of H-pyrrole nitrogens is 1. The fraction of sp³-hybridized carbons (Fsp3) is 0.147. The number of fused-ring (bicyclic) bond motifs is 7. The van der Waals surface area contributed by atoms with Crippen molar-refractivity contribution >= 4 is 160 Å². The first-order valence-electron chi connectivity index (χ1n) is 32.0. The van der Waals surface area contributed by atoms with E-state index < -0.39 is 26.8 Å². The van der Waals surface area contributed by atoms with E-state index in [1.54, 1.807) is 59.6 Å². The minimum absolute atomic E-state index is 0.0255. The van der Waals surface area contributed by atoms with Crippen LogP contribution in [-0.4, -0.2) is 132 Å². The van der Waals surface area contributed by atoms with Gasteiger partial charge < -0.3 is 58.2 Å². The number of nitrogens with two attached hydrogens (primary N) is 4. The molecule has 0 spiro atoms. The number of non-ortho nitro benzene ring substituents is 1. The summed E-state index contributed by atoms with van der Waals surface area (Å²) in [4.78, 5) is 106. The van der Waals surface area contributed by atoms with Crippen LogP contribution in [0.25, 0.3) is 55.9 Å². The lowest BCUT2D eigenvalue weighted by Gasteiger charge is -2.27. The van der Waals surface area contributed by atoms with Gasteiger partial charge in [0.1, 0.15) is 48.5 Å². The van der Waals surface area contributed by atoms with Gasteiger partial charge in [-0.1, -0.05) is 84.4 Å². The Labute approximate surface area is 621 Å². The molecule has 16 rings (SSSR count). The van der Waals surface area contributed by atoms with Gasteiger partial charge in [0.05, 0.1) is 79.0 Å². The van der Waals surface area contributed by atoms with Gasteiger partial charge in [0.25, 0.3) is 22.7 Å². The van der Waals surface area contributed by atoms with Gasteiger partial charge in [-0.3, -0.25) is 59.4 Å². The summed E-state index contributed by atoms with van der Waals surface area (Å²) in [6, 6.07) is 38.1. The van der Waals surface area contributed by atoms with Crippen molar-refractivity contribution in [2.24, 2.45) is 10.7 Å². The second-order valence-corrected chi connectivity index (χ2v) is 25.4. The standard InChI is InChI=1S/C23H20N4O5.C21H19N9O3S.C9H4Cl2N4S.C9H9N3O2.C6H7N3O2/c24-22-19(10-5-11-20(22)27(30)31)26-21(28)12-25-23(29)32-13-18-16-8-3-1-6-14(16)15-7-2-4-9-17(15)18;31-30(32)15-3-1-2-14-17(15)25-16(24-14)10-22-19-18-20(29(12-23-18)13-4-9-34-11-13)27-21(26-19)28-5-7-33-8-6-28;10-7-6-8(14-9(11)13-7)15(4-12-6)5-1-2-16-3-5;10-5-6-4-7-8(11-6)2-1-3-9(7)12(13)14;7-4-2-1-3-5(6(4)8)9(10)11/h1-11,18H,12-13,24H2,(H,25,29)(H,26,28);1-4,9,11-12H,5-8,10H2,(H,24,25)(H,22,26,27);1-4H;1-3H,4-5,10H2;1-3H,7-8H2. The predicted molar refractivity (Wildman–Crippen MR) is 406 cm³/mol. The number of aliphatic imine (C=N–C) groups is 1.